The first-order valence-corrected chi connectivity index (χ1v) is 11.3. The van der Waals surface area contributed by atoms with Gasteiger partial charge in [-0.1, -0.05) is 36.7 Å². The number of hydrogen-bond donors (Lipinski definition) is 1. The molecule has 1 aromatic heterocycles. The number of aromatic nitrogens is 2. The lowest BCUT2D eigenvalue weighted by Gasteiger charge is -2.18. The number of carbonyl (C=O) groups excluding carboxylic acids is 1. The summed E-state index contributed by atoms with van der Waals surface area (Å²) < 4.78 is 44.7. The zero-order valence-corrected chi connectivity index (χ0v) is 19.9. The number of hydrogen-bond acceptors (Lipinski definition) is 4. The predicted molar refractivity (Wildman–Crippen MR) is 125 cm³/mol. The topological polar surface area (TPSA) is 64.1 Å². The Balaban J connectivity index is 1.81. The number of nitrogens with zero attached hydrogens (tertiary/aromatic N) is 2. The van der Waals surface area contributed by atoms with Crippen LogP contribution in [0.25, 0.3) is 0 Å². The van der Waals surface area contributed by atoms with E-state index in [1.54, 1.807) is 6.92 Å². The van der Waals surface area contributed by atoms with Crippen molar-refractivity contribution in [1.82, 2.24) is 15.3 Å². The number of benzene rings is 2. The molecule has 3 rings (SSSR count). The standard InChI is InChI=1S/C24H22Cl2F3N3O2/c1-3-15-7-8-16(20(26)9-15)10-18(12-25)32-23(33)22-21(13-30-14(2)31-22)34-19-6-4-5-17(11-19)24(27,28)29/h4-9,11,13,18H,3,10,12H2,1-2H3,(H,32,33). The Morgan fingerprint density at radius 2 is 1.97 bits per heavy atom. The molecule has 5 nitrogen and oxygen atoms in total. The maximum Gasteiger partial charge on any atom is 0.416 e. The first kappa shape index (κ1) is 25.8. The van der Waals surface area contributed by atoms with Crippen LogP contribution in [0.3, 0.4) is 0 Å². The molecule has 0 radical (unpaired) electrons. The van der Waals surface area contributed by atoms with Crippen LogP contribution >= 0.6 is 23.2 Å². The fourth-order valence-electron chi connectivity index (χ4n) is 3.20. The average molecular weight is 512 g/mol. The van der Waals surface area contributed by atoms with Gasteiger partial charge in [-0.2, -0.15) is 13.2 Å². The van der Waals surface area contributed by atoms with Gasteiger partial charge in [0.05, 0.1) is 11.8 Å². The van der Waals surface area contributed by atoms with Crippen molar-refractivity contribution in [3.8, 4) is 11.5 Å². The number of ether oxygens (including phenoxy) is 1. The van der Waals surface area contributed by atoms with Crippen LogP contribution in [0.5, 0.6) is 11.5 Å². The van der Waals surface area contributed by atoms with Crippen LogP contribution < -0.4 is 10.1 Å². The lowest BCUT2D eigenvalue weighted by molar-refractivity contribution is -0.137. The van der Waals surface area contributed by atoms with Crippen LogP contribution in [0.2, 0.25) is 5.02 Å². The molecule has 3 aromatic rings. The molecular formula is C24H22Cl2F3N3O2. The maximum atomic E-state index is 13.0. The third kappa shape index (κ3) is 6.61. The molecule has 1 atom stereocenters. The van der Waals surface area contributed by atoms with E-state index < -0.39 is 23.7 Å². The number of carbonyl (C=O) groups is 1. The van der Waals surface area contributed by atoms with Gasteiger partial charge in [-0.25, -0.2) is 9.97 Å². The highest BCUT2D eigenvalue weighted by atomic mass is 35.5. The second kappa shape index (κ2) is 11.1. The van der Waals surface area contributed by atoms with Gasteiger partial charge < -0.3 is 10.1 Å². The highest BCUT2D eigenvalue weighted by molar-refractivity contribution is 6.31. The molecule has 0 fully saturated rings. The van der Waals surface area contributed by atoms with Crippen LogP contribution in [0.15, 0.2) is 48.7 Å². The van der Waals surface area contributed by atoms with Gasteiger partial charge in [-0.3, -0.25) is 4.79 Å². The number of nitrogens with one attached hydrogen (secondary N) is 1. The van der Waals surface area contributed by atoms with Crippen molar-refractivity contribution in [1.29, 1.82) is 0 Å². The van der Waals surface area contributed by atoms with Gasteiger partial charge in [-0.15, -0.1) is 11.6 Å². The van der Waals surface area contributed by atoms with Gasteiger partial charge in [0, 0.05) is 16.9 Å². The van der Waals surface area contributed by atoms with Gasteiger partial charge >= 0.3 is 6.18 Å². The third-order valence-electron chi connectivity index (χ3n) is 4.99. The van der Waals surface area contributed by atoms with E-state index in [9.17, 15) is 18.0 Å². The molecule has 0 aliphatic carbocycles. The maximum absolute atomic E-state index is 13.0. The number of amides is 1. The fraction of sp³-hybridized carbons (Fsp3) is 0.292. The molecule has 34 heavy (non-hydrogen) atoms. The molecule has 180 valence electrons. The first-order chi connectivity index (χ1) is 16.1. The Hall–Kier alpha value is -2.84. The molecule has 1 heterocycles. The molecule has 0 aliphatic rings. The molecular weight excluding hydrogens is 490 g/mol. The highest BCUT2D eigenvalue weighted by Gasteiger charge is 2.31. The summed E-state index contributed by atoms with van der Waals surface area (Å²) in [7, 11) is 0. The Labute approximate surface area is 205 Å². The second-order valence-corrected chi connectivity index (χ2v) is 8.28. The zero-order valence-electron chi connectivity index (χ0n) is 18.4. The molecule has 1 amide bonds. The van der Waals surface area contributed by atoms with Gasteiger partial charge in [0.1, 0.15) is 11.6 Å². The third-order valence-corrected chi connectivity index (χ3v) is 5.72. The predicted octanol–water partition coefficient (Wildman–Crippen LogP) is 6.39. The van der Waals surface area contributed by atoms with Gasteiger partial charge in [0.2, 0.25) is 0 Å². The van der Waals surface area contributed by atoms with E-state index in [2.05, 4.69) is 15.3 Å². The zero-order chi connectivity index (χ0) is 24.9. The van der Waals surface area contributed by atoms with Crippen molar-refractivity contribution in [2.75, 3.05) is 5.88 Å². The summed E-state index contributed by atoms with van der Waals surface area (Å²) in [5, 5.41) is 3.38. The Bertz CT molecular complexity index is 1170. The van der Waals surface area contributed by atoms with E-state index in [1.807, 2.05) is 25.1 Å². The summed E-state index contributed by atoms with van der Waals surface area (Å²) in [5.74, 6) is -0.387. The van der Waals surface area contributed by atoms with Crippen LogP contribution in [0.4, 0.5) is 13.2 Å². The van der Waals surface area contributed by atoms with E-state index in [0.29, 0.717) is 17.3 Å². The fourth-order valence-corrected chi connectivity index (χ4v) is 3.67. The largest absolute Gasteiger partial charge is 0.453 e. The smallest absolute Gasteiger partial charge is 0.416 e. The number of rotatable bonds is 8. The van der Waals surface area contributed by atoms with Gasteiger partial charge in [-0.05, 0) is 55.2 Å². The van der Waals surface area contributed by atoms with Crippen molar-refractivity contribution in [3.05, 3.63) is 81.9 Å². The van der Waals surface area contributed by atoms with Crippen LogP contribution in [0, 0.1) is 6.92 Å². The minimum absolute atomic E-state index is 0.0823. The normalized spacial score (nSPS) is 12.3. The molecule has 0 aliphatic heterocycles. The number of halogens is 5. The Morgan fingerprint density at radius 3 is 2.62 bits per heavy atom. The van der Waals surface area contributed by atoms with Crippen LogP contribution in [-0.4, -0.2) is 27.8 Å². The summed E-state index contributed by atoms with van der Waals surface area (Å²) in [4.78, 5) is 21.2. The van der Waals surface area contributed by atoms with Crippen molar-refractivity contribution < 1.29 is 22.7 Å². The van der Waals surface area contributed by atoms with Crippen molar-refractivity contribution in [2.45, 2.75) is 38.9 Å². The van der Waals surface area contributed by atoms with Crippen molar-refractivity contribution >= 4 is 29.1 Å². The van der Waals surface area contributed by atoms with Gasteiger partial charge in [0.25, 0.3) is 5.91 Å². The number of alkyl halides is 4. The minimum Gasteiger partial charge on any atom is -0.453 e. The van der Waals surface area contributed by atoms with Crippen molar-refractivity contribution in [3.63, 3.8) is 0 Å². The molecule has 2 aromatic carbocycles. The molecule has 0 saturated carbocycles. The molecule has 1 N–H and O–H groups in total. The van der Waals surface area contributed by atoms with Crippen LogP contribution in [-0.2, 0) is 19.0 Å². The Kier molecular flexibility index (Phi) is 8.38. The molecule has 0 bridgehead atoms. The van der Waals surface area contributed by atoms with E-state index in [-0.39, 0.29) is 23.1 Å². The SMILES string of the molecule is CCc1ccc(CC(CCl)NC(=O)c2nc(C)ncc2Oc2cccc(C(F)(F)F)c2)c(Cl)c1. The number of aryl methyl sites for hydroxylation is 2. The first-order valence-electron chi connectivity index (χ1n) is 10.4. The van der Waals surface area contributed by atoms with Crippen LogP contribution in [0.1, 0.15) is 39.9 Å². The molecule has 10 heteroatoms. The Morgan fingerprint density at radius 1 is 1.21 bits per heavy atom. The summed E-state index contributed by atoms with van der Waals surface area (Å²) in [6.07, 6.45) is -2.07. The minimum atomic E-state index is -4.53. The van der Waals surface area contributed by atoms with E-state index in [4.69, 9.17) is 27.9 Å². The average Bonchev–Trinajstić information content (AvgIpc) is 2.80. The second-order valence-electron chi connectivity index (χ2n) is 7.57. The lowest BCUT2D eigenvalue weighted by atomic mass is 10.0. The highest BCUT2D eigenvalue weighted by Crippen LogP contribution is 2.33. The molecule has 0 spiro atoms. The quantitative estimate of drug-likeness (QED) is 0.355. The van der Waals surface area contributed by atoms with E-state index >= 15 is 0 Å². The van der Waals surface area contributed by atoms with Crippen molar-refractivity contribution in [2.24, 2.45) is 0 Å². The lowest BCUT2D eigenvalue weighted by Crippen LogP contribution is -2.38. The van der Waals surface area contributed by atoms with E-state index in [1.165, 1.54) is 18.3 Å². The van der Waals surface area contributed by atoms with E-state index in [0.717, 1.165) is 29.7 Å². The monoisotopic (exact) mass is 511 g/mol. The molecule has 1 unspecified atom stereocenters. The summed E-state index contributed by atoms with van der Waals surface area (Å²) in [5.41, 5.74) is 0.918. The summed E-state index contributed by atoms with van der Waals surface area (Å²) in [6, 6.07) is 9.58. The summed E-state index contributed by atoms with van der Waals surface area (Å²) in [6.45, 7) is 3.61. The molecule has 0 saturated heterocycles. The van der Waals surface area contributed by atoms with Gasteiger partial charge in [0.15, 0.2) is 11.4 Å². The summed E-state index contributed by atoms with van der Waals surface area (Å²) >= 11 is 12.5.